The maximum Gasteiger partial charge on any atom is 0.339 e. The summed E-state index contributed by atoms with van der Waals surface area (Å²) in [6.07, 6.45) is 2.26. The van der Waals surface area contributed by atoms with E-state index in [0.717, 1.165) is 5.56 Å². The van der Waals surface area contributed by atoms with Gasteiger partial charge in [-0.15, -0.1) is 0 Å². The van der Waals surface area contributed by atoms with Gasteiger partial charge >= 0.3 is 5.97 Å². The number of hydrogen-bond donors (Lipinski definition) is 1. The van der Waals surface area contributed by atoms with Crippen LogP contribution in [0.3, 0.4) is 0 Å². The Kier molecular flexibility index (Phi) is 7.46. The van der Waals surface area contributed by atoms with Crippen LogP contribution in [0, 0.1) is 11.3 Å². The Morgan fingerprint density at radius 1 is 1.33 bits per heavy atom. The fraction of sp³-hybridized carbons (Fsp3) is 0.538. The van der Waals surface area contributed by atoms with Gasteiger partial charge in [0.2, 0.25) is 0 Å². The number of methoxy groups -OCH3 is 1. The van der Waals surface area contributed by atoms with Crippen molar-refractivity contribution in [3.8, 4) is 0 Å². The third-order valence-electron chi connectivity index (χ3n) is 6.32. The highest BCUT2D eigenvalue weighted by Gasteiger charge is 2.64. The van der Waals surface area contributed by atoms with Crippen molar-refractivity contribution in [1.82, 2.24) is 4.90 Å². The minimum atomic E-state index is -1.32. The summed E-state index contributed by atoms with van der Waals surface area (Å²) in [4.78, 5) is 27.7. The van der Waals surface area contributed by atoms with E-state index in [1.807, 2.05) is 58.0 Å². The van der Waals surface area contributed by atoms with Gasteiger partial charge in [0.15, 0.2) is 5.54 Å². The normalized spacial score (nSPS) is 25.0. The van der Waals surface area contributed by atoms with Crippen LogP contribution >= 0.6 is 0 Å². The van der Waals surface area contributed by atoms with Gasteiger partial charge in [-0.2, -0.15) is 0 Å². The molecule has 1 aromatic rings. The topological polar surface area (TPSA) is 85.3 Å². The number of carbonyl (C=O) groups is 2. The molecule has 1 saturated heterocycles. The van der Waals surface area contributed by atoms with Crippen LogP contribution in [0.5, 0.6) is 0 Å². The summed E-state index contributed by atoms with van der Waals surface area (Å²) in [5, 5.41) is 10.6. The van der Waals surface area contributed by atoms with E-state index in [0.29, 0.717) is 17.8 Å². The van der Waals surface area contributed by atoms with Crippen molar-refractivity contribution in [3.63, 3.8) is 0 Å². The standard InChI is InChI=1S/C26H35NO6/c1-17(21(28)15-32-14-19-10-8-7-9-11-19)12-13-20-18(2)22(29)27-23(25(3,4)5)33-16-26(20,27)24(30)31-6/h7-13,17,21,23,28H,14-16H2,1-6H3/b13-12+/t17-,21+,23+,26+/m1/s1. The molecule has 0 unspecified atom stereocenters. The van der Waals surface area contributed by atoms with Crippen molar-refractivity contribution in [2.45, 2.75) is 59.1 Å². The zero-order valence-electron chi connectivity index (χ0n) is 20.3. The molecule has 0 spiro atoms. The fourth-order valence-electron chi connectivity index (χ4n) is 4.37. The second-order valence-corrected chi connectivity index (χ2v) is 9.88. The fourth-order valence-corrected chi connectivity index (χ4v) is 4.37. The number of esters is 1. The van der Waals surface area contributed by atoms with Crippen LogP contribution in [0.15, 0.2) is 53.6 Å². The van der Waals surface area contributed by atoms with Gasteiger partial charge in [0.25, 0.3) is 5.91 Å². The third-order valence-corrected chi connectivity index (χ3v) is 6.32. The monoisotopic (exact) mass is 457 g/mol. The van der Waals surface area contributed by atoms with E-state index in [-0.39, 0.29) is 30.5 Å². The maximum atomic E-state index is 13.2. The summed E-state index contributed by atoms with van der Waals surface area (Å²) in [7, 11) is 1.32. The van der Waals surface area contributed by atoms with Gasteiger partial charge in [0.1, 0.15) is 6.23 Å². The number of aliphatic hydroxyl groups excluding tert-OH is 1. The lowest BCUT2D eigenvalue weighted by Crippen LogP contribution is -2.56. The Morgan fingerprint density at radius 3 is 2.61 bits per heavy atom. The molecule has 0 aromatic heterocycles. The minimum Gasteiger partial charge on any atom is -0.467 e. The first-order valence-corrected chi connectivity index (χ1v) is 11.3. The molecule has 2 aliphatic rings. The van der Waals surface area contributed by atoms with Gasteiger partial charge in [-0.05, 0) is 18.1 Å². The number of hydrogen-bond acceptors (Lipinski definition) is 6. The second-order valence-electron chi connectivity index (χ2n) is 9.88. The Morgan fingerprint density at radius 2 is 2.00 bits per heavy atom. The van der Waals surface area contributed by atoms with Crippen LogP contribution in [0.25, 0.3) is 0 Å². The lowest BCUT2D eigenvalue weighted by atomic mass is 9.87. The highest BCUT2D eigenvalue weighted by molar-refractivity contribution is 6.06. The Balaban J connectivity index is 1.76. The van der Waals surface area contributed by atoms with Crippen LogP contribution in [0.2, 0.25) is 0 Å². The molecular formula is C26H35NO6. The summed E-state index contributed by atoms with van der Waals surface area (Å²) >= 11 is 0. The molecule has 1 amide bonds. The highest BCUT2D eigenvalue weighted by Crippen LogP contribution is 2.47. The van der Waals surface area contributed by atoms with E-state index < -0.39 is 23.8 Å². The van der Waals surface area contributed by atoms with E-state index in [9.17, 15) is 14.7 Å². The first-order chi connectivity index (χ1) is 15.5. The van der Waals surface area contributed by atoms with Gasteiger partial charge in [0, 0.05) is 16.9 Å². The molecule has 1 N–H and O–H groups in total. The second kappa shape index (κ2) is 9.79. The van der Waals surface area contributed by atoms with Crippen LogP contribution < -0.4 is 0 Å². The Bertz CT molecular complexity index is 932. The number of aliphatic hydroxyl groups is 1. The SMILES string of the molecule is COC(=O)[C@@]12CO[C@@H](C(C)(C)C)N1C(=O)C(C)=C2/C=C/[C@@H](C)[C@@H](O)COCc1ccccc1. The van der Waals surface area contributed by atoms with Gasteiger partial charge in [-0.3, -0.25) is 9.69 Å². The molecule has 4 atom stereocenters. The van der Waals surface area contributed by atoms with Crippen LogP contribution in [0.4, 0.5) is 0 Å². The average molecular weight is 458 g/mol. The van der Waals surface area contributed by atoms with Crippen molar-refractivity contribution in [2.24, 2.45) is 11.3 Å². The number of nitrogens with zero attached hydrogens (tertiary/aromatic N) is 1. The van der Waals surface area contributed by atoms with Crippen molar-refractivity contribution >= 4 is 11.9 Å². The zero-order chi connectivity index (χ0) is 24.4. The first-order valence-electron chi connectivity index (χ1n) is 11.3. The summed E-state index contributed by atoms with van der Waals surface area (Å²) < 4.78 is 16.8. The van der Waals surface area contributed by atoms with Gasteiger partial charge < -0.3 is 19.3 Å². The smallest absolute Gasteiger partial charge is 0.339 e. The van der Waals surface area contributed by atoms with Crippen molar-refractivity contribution < 1.29 is 28.9 Å². The summed E-state index contributed by atoms with van der Waals surface area (Å²) in [5.74, 6) is -1.03. The quantitative estimate of drug-likeness (QED) is 0.604. The van der Waals surface area contributed by atoms with Crippen LogP contribution in [0.1, 0.15) is 40.2 Å². The Labute approximate surface area is 196 Å². The Hall–Kier alpha value is -2.48. The molecule has 180 valence electrons. The van der Waals surface area contributed by atoms with Gasteiger partial charge in [0.05, 0.1) is 33.0 Å². The largest absolute Gasteiger partial charge is 0.467 e. The zero-order valence-corrected chi connectivity index (χ0v) is 20.3. The summed E-state index contributed by atoms with van der Waals surface area (Å²) in [5.41, 5.74) is 0.364. The number of rotatable bonds is 8. The number of amides is 1. The number of ether oxygens (including phenoxy) is 3. The lowest BCUT2D eigenvalue weighted by Gasteiger charge is -2.37. The number of carbonyl (C=O) groups excluding carboxylic acids is 2. The highest BCUT2D eigenvalue weighted by atomic mass is 16.6. The van der Waals surface area contributed by atoms with Crippen LogP contribution in [-0.4, -0.2) is 60.1 Å². The van der Waals surface area contributed by atoms with Crippen LogP contribution in [-0.2, 0) is 30.4 Å². The summed E-state index contributed by atoms with van der Waals surface area (Å²) in [6.45, 7) is 10.1. The molecule has 0 bridgehead atoms. The molecule has 0 aliphatic carbocycles. The van der Waals surface area contributed by atoms with E-state index in [2.05, 4.69) is 0 Å². The first kappa shape index (κ1) is 25.1. The molecule has 3 rings (SSSR count). The van der Waals surface area contributed by atoms with Gasteiger partial charge in [-0.1, -0.05) is 70.2 Å². The molecule has 0 saturated carbocycles. The van der Waals surface area contributed by atoms with Crippen molar-refractivity contribution in [2.75, 3.05) is 20.3 Å². The molecule has 2 heterocycles. The molecule has 0 radical (unpaired) electrons. The molecule has 7 heteroatoms. The molecule has 2 aliphatic heterocycles. The van der Waals surface area contributed by atoms with Crippen molar-refractivity contribution in [3.05, 3.63) is 59.2 Å². The van der Waals surface area contributed by atoms with E-state index >= 15 is 0 Å². The molecule has 1 aromatic carbocycles. The summed E-state index contributed by atoms with van der Waals surface area (Å²) in [6, 6.07) is 9.76. The third kappa shape index (κ3) is 4.76. The van der Waals surface area contributed by atoms with Gasteiger partial charge in [-0.25, -0.2) is 4.79 Å². The molecule has 33 heavy (non-hydrogen) atoms. The minimum absolute atomic E-state index is 0.0293. The van der Waals surface area contributed by atoms with E-state index in [4.69, 9.17) is 14.2 Å². The van der Waals surface area contributed by atoms with E-state index in [1.54, 1.807) is 19.1 Å². The predicted octanol–water partition coefficient (Wildman–Crippen LogP) is 3.23. The predicted molar refractivity (Wildman–Crippen MR) is 124 cm³/mol. The lowest BCUT2D eigenvalue weighted by molar-refractivity contribution is -0.156. The number of fused-ring (bicyclic) bond motifs is 1. The average Bonchev–Trinajstić information content (AvgIpc) is 3.28. The van der Waals surface area contributed by atoms with Crippen molar-refractivity contribution in [1.29, 1.82) is 0 Å². The number of benzene rings is 1. The molecule has 1 fully saturated rings. The molecule has 7 nitrogen and oxygen atoms in total. The molecular weight excluding hydrogens is 422 g/mol. The maximum absolute atomic E-state index is 13.2. The van der Waals surface area contributed by atoms with E-state index in [1.165, 1.54) is 12.0 Å².